The molecule has 0 atom stereocenters. The van der Waals surface area contributed by atoms with Crippen molar-refractivity contribution in [3.8, 4) is 0 Å². The van der Waals surface area contributed by atoms with Gasteiger partial charge in [0.2, 0.25) is 5.95 Å². The largest absolute Gasteiger partial charge is 0.353 e. The van der Waals surface area contributed by atoms with Gasteiger partial charge in [0.15, 0.2) is 0 Å². The molecule has 0 aliphatic heterocycles. The summed E-state index contributed by atoms with van der Waals surface area (Å²) in [4.78, 5) is 33.0. The summed E-state index contributed by atoms with van der Waals surface area (Å²) in [7, 11) is 1.72. The first-order chi connectivity index (χ1) is 12.6. The van der Waals surface area contributed by atoms with Gasteiger partial charge >= 0.3 is 0 Å². The molecule has 0 unspecified atom stereocenters. The summed E-state index contributed by atoms with van der Waals surface area (Å²) in [6.45, 7) is 0. The topological polar surface area (TPSA) is 94.7 Å². The Morgan fingerprint density at radius 2 is 1.92 bits per heavy atom. The van der Waals surface area contributed by atoms with E-state index in [9.17, 15) is 9.59 Å². The summed E-state index contributed by atoms with van der Waals surface area (Å²) in [6.07, 6.45) is 8.33. The number of rotatable bonds is 3. The smallest absolute Gasteiger partial charge is 0.266 e. The van der Waals surface area contributed by atoms with Crippen LogP contribution in [0.2, 0.25) is 0 Å². The standard InChI is InChI=1S/C18H20N6O2/c1-23-17(26)14-8-10-19-11-15(14)22-18(23)21-12-4-6-13(7-5-12)24-16(25)3-2-9-20-24/h2-3,8-13H,4-7H2,1H3,(H,21,22). The van der Waals surface area contributed by atoms with Crippen LogP contribution in [0, 0.1) is 0 Å². The monoisotopic (exact) mass is 352 g/mol. The molecule has 1 fully saturated rings. The fourth-order valence-electron chi connectivity index (χ4n) is 3.54. The first-order valence-electron chi connectivity index (χ1n) is 8.74. The van der Waals surface area contributed by atoms with Gasteiger partial charge in [-0.05, 0) is 37.8 Å². The average molecular weight is 352 g/mol. The van der Waals surface area contributed by atoms with E-state index in [0.717, 1.165) is 25.7 Å². The van der Waals surface area contributed by atoms with E-state index in [1.165, 1.54) is 4.57 Å². The maximum absolute atomic E-state index is 12.5. The van der Waals surface area contributed by atoms with Crippen LogP contribution >= 0.6 is 0 Å². The highest BCUT2D eigenvalue weighted by molar-refractivity contribution is 5.77. The summed E-state index contributed by atoms with van der Waals surface area (Å²) in [5, 5.41) is 8.14. The summed E-state index contributed by atoms with van der Waals surface area (Å²) in [5.74, 6) is 0.550. The van der Waals surface area contributed by atoms with Crippen molar-refractivity contribution in [1.29, 1.82) is 0 Å². The van der Waals surface area contributed by atoms with Crippen LogP contribution < -0.4 is 16.4 Å². The van der Waals surface area contributed by atoms with Gasteiger partial charge in [-0.15, -0.1) is 0 Å². The van der Waals surface area contributed by atoms with Crippen LogP contribution in [0.4, 0.5) is 5.95 Å². The Morgan fingerprint density at radius 3 is 2.69 bits per heavy atom. The summed E-state index contributed by atoms with van der Waals surface area (Å²) in [5.41, 5.74) is 0.440. The number of nitrogens with zero attached hydrogens (tertiary/aromatic N) is 5. The zero-order chi connectivity index (χ0) is 18.1. The molecule has 1 N–H and O–H groups in total. The molecule has 0 amide bonds. The van der Waals surface area contributed by atoms with Crippen molar-refractivity contribution in [2.24, 2.45) is 7.05 Å². The molecule has 8 heteroatoms. The Kier molecular flexibility index (Phi) is 4.24. The molecule has 0 saturated heterocycles. The van der Waals surface area contributed by atoms with E-state index in [1.807, 2.05) is 0 Å². The van der Waals surface area contributed by atoms with E-state index >= 15 is 0 Å². The number of fused-ring (bicyclic) bond motifs is 1. The van der Waals surface area contributed by atoms with E-state index in [-0.39, 0.29) is 23.2 Å². The van der Waals surface area contributed by atoms with Crippen LogP contribution in [0.25, 0.3) is 10.9 Å². The molecule has 3 aromatic rings. The molecule has 8 nitrogen and oxygen atoms in total. The summed E-state index contributed by atoms with van der Waals surface area (Å²) < 4.78 is 3.11. The van der Waals surface area contributed by atoms with Crippen LogP contribution in [0.1, 0.15) is 31.7 Å². The van der Waals surface area contributed by atoms with Gasteiger partial charge in [-0.2, -0.15) is 5.10 Å². The SMILES string of the molecule is Cn1c(NC2CCC(n3ncccc3=O)CC2)nc2cnccc2c1=O. The maximum atomic E-state index is 12.5. The molecule has 1 saturated carbocycles. The minimum atomic E-state index is -0.0892. The van der Waals surface area contributed by atoms with Gasteiger partial charge in [-0.3, -0.25) is 19.1 Å². The van der Waals surface area contributed by atoms with Crippen LogP contribution in [0.15, 0.2) is 46.4 Å². The minimum Gasteiger partial charge on any atom is -0.353 e. The molecule has 0 aromatic carbocycles. The van der Waals surface area contributed by atoms with Gasteiger partial charge in [0.25, 0.3) is 11.1 Å². The van der Waals surface area contributed by atoms with Gasteiger partial charge < -0.3 is 5.32 Å². The molecule has 3 heterocycles. The van der Waals surface area contributed by atoms with Gasteiger partial charge in [-0.25, -0.2) is 9.67 Å². The van der Waals surface area contributed by atoms with Crippen molar-refractivity contribution < 1.29 is 0 Å². The van der Waals surface area contributed by atoms with Gasteiger partial charge in [0.1, 0.15) is 0 Å². The molecule has 0 radical (unpaired) electrons. The molecular weight excluding hydrogens is 332 g/mol. The number of hydrogen-bond acceptors (Lipinski definition) is 6. The molecule has 3 aromatic heterocycles. The third-order valence-corrected chi connectivity index (χ3v) is 5.00. The van der Waals surface area contributed by atoms with Crippen molar-refractivity contribution >= 4 is 16.9 Å². The Morgan fingerprint density at radius 1 is 1.12 bits per heavy atom. The van der Waals surface area contributed by atoms with Crippen molar-refractivity contribution in [3.63, 3.8) is 0 Å². The van der Waals surface area contributed by atoms with Crippen molar-refractivity contribution in [1.82, 2.24) is 24.3 Å². The average Bonchev–Trinajstić information content (AvgIpc) is 2.67. The van der Waals surface area contributed by atoms with E-state index in [4.69, 9.17) is 0 Å². The third-order valence-electron chi connectivity index (χ3n) is 5.00. The first-order valence-corrected chi connectivity index (χ1v) is 8.74. The van der Waals surface area contributed by atoms with E-state index in [0.29, 0.717) is 16.9 Å². The van der Waals surface area contributed by atoms with Crippen molar-refractivity contribution in [3.05, 3.63) is 57.5 Å². The predicted molar refractivity (Wildman–Crippen MR) is 98.2 cm³/mol. The van der Waals surface area contributed by atoms with Crippen molar-refractivity contribution in [2.75, 3.05) is 5.32 Å². The van der Waals surface area contributed by atoms with Crippen LogP contribution in [0.5, 0.6) is 0 Å². The fraction of sp³-hybridized carbons (Fsp3) is 0.389. The molecule has 26 heavy (non-hydrogen) atoms. The lowest BCUT2D eigenvalue weighted by Gasteiger charge is -2.30. The van der Waals surface area contributed by atoms with Crippen LogP contribution in [-0.2, 0) is 7.05 Å². The Balaban J connectivity index is 1.51. The third kappa shape index (κ3) is 2.98. The highest BCUT2D eigenvalue weighted by Gasteiger charge is 2.24. The molecule has 0 spiro atoms. The normalized spacial score (nSPS) is 20.2. The number of aromatic nitrogens is 5. The Hall–Kier alpha value is -3.03. The lowest BCUT2D eigenvalue weighted by molar-refractivity contribution is 0.303. The second kappa shape index (κ2) is 6.70. The fourth-order valence-corrected chi connectivity index (χ4v) is 3.54. The lowest BCUT2D eigenvalue weighted by atomic mass is 9.91. The number of nitrogens with one attached hydrogen (secondary N) is 1. The van der Waals surface area contributed by atoms with Crippen LogP contribution in [0.3, 0.4) is 0 Å². The second-order valence-corrected chi connectivity index (χ2v) is 6.65. The van der Waals surface area contributed by atoms with Gasteiger partial charge in [-0.1, -0.05) is 0 Å². The Labute approximate surface area is 149 Å². The number of pyridine rings is 1. The lowest BCUT2D eigenvalue weighted by Crippen LogP contribution is -2.34. The second-order valence-electron chi connectivity index (χ2n) is 6.65. The highest BCUT2D eigenvalue weighted by atomic mass is 16.1. The first kappa shape index (κ1) is 16.4. The van der Waals surface area contributed by atoms with Crippen LogP contribution in [-0.4, -0.2) is 30.4 Å². The van der Waals surface area contributed by atoms with Gasteiger partial charge in [0, 0.05) is 31.5 Å². The summed E-state index contributed by atoms with van der Waals surface area (Å²) >= 11 is 0. The molecule has 0 bridgehead atoms. The zero-order valence-corrected chi connectivity index (χ0v) is 14.5. The quantitative estimate of drug-likeness (QED) is 0.767. The summed E-state index contributed by atoms with van der Waals surface area (Å²) in [6, 6.07) is 5.22. The Bertz CT molecular complexity index is 1050. The predicted octanol–water partition coefficient (Wildman–Crippen LogP) is 1.48. The maximum Gasteiger partial charge on any atom is 0.266 e. The molecule has 1 aliphatic carbocycles. The zero-order valence-electron chi connectivity index (χ0n) is 14.5. The van der Waals surface area contributed by atoms with Crippen molar-refractivity contribution in [2.45, 2.75) is 37.8 Å². The minimum absolute atomic E-state index is 0.0602. The number of anilines is 1. The van der Waals surface area contributed by atoms with E-state index in [1.54, 1.807) is 48.5 Å². The molecule has 1 aliphatic rings. The highest BCUT2D eigenvalue weighted by Crippen LogP contribution is 2.28. The number of hydrogen-bond donors (Lipinski definition) is 1. The molecule has 134 valence electrons. The molecule has 4 rings (SSSR count). The van der Waals surface area contributed by atoms with Gasteiger partial charge in [0.05, 0.1) is 23.1 Å². The van der Waals surface area contributed by atoms with E-state index < -0.39 is 0 Å². The van der Waals surface area contributed by atoms with E-state index in [2.05, 4.69) is 20.4 Å². The molecular formula is C18H20N6O2.